The van der Waals surface area contributed by atoms with E-state index in [1.165, 1.54) is 25.2 Å². The van der Waals surface area contributed by atoms with E-state index in [-0.39, 0.29) is 23.7 Å². The van der Waals surface area contributed by atoms with Gasteiger partial charge in [0.15, 0.2) is 5.75 Å². The molecule has 1 aromatic carbocycles. The van der Waals surface area contributed by atoms with Gasteiger partial charge in [0.1, 0.15) is 0 Å². The van der Waals surface area contributed by atoms with Crippen LogP contribution in [0.1, 0.15) is 0 Å². The highest BCUT2D eigenvalue weighted by Gasteiger charge is 2.49. The number of halogens is 2. The fourth-order valence-electron chi connectivity index (χ4n) is 2.44. The molecule has 1 atom stereocenters. The number of nitrogens with zero attached hydrogens (tertiary/aromatic N) is 2. The second-order valence-corrected chi connectivity index (χ2v) is 5.14. The molecule has 1 aromatic rings. The minimum atomic E-state index is -4.00. The van der Waals surface area contributed by atoms with Gasteiger partial charge < -0.3 is 19.1 Å². The average molecular weight is 342 g/mol. The summed E-state index contributed by atoms with van der Waals surface area (Å²) >= 11 is 0. The number of esters is 1. The first-order chi connectivity index (χ1) is 11.2. The number of hydrogen-bond acceptors (Lipinski definition) is 6. The molecule has 3 rings (SSSR count). The maximum Gasteiger partial charge on any atom is 0.482 e. The predicted molar refractivity (Wildman–Crippen MR) is 75.1 cm³/mol. The number of fused-ring (bicyclic) bond motifs is 1. The highest BCUT2D eigenvalue weighted by molar-refractivity contribution is 6.01. The van der Waals surface area contributed by atoms with Gasteiger partial charge in [-0.25, -0.2) is 9.59 Å². The van der Waals surface area contributed by atoms with E-state index < -0.39 is 30.2 Å². The summed E-state index contributed by atoms with van der Waals surface area (Å²) in [7, 11) is 2.34. The molecule has 0 bridgehead atoms. The Morgan fingerprint density at radius 1 is 1.38 bits per heavy atom. The van der Waals surface area contributed by atoms with Crippen molar-refractivity contribution >= 4 is 29.3 Å². The number of hydrogen-bond donors (Lipinski definition) is 0. The monoisotopic (exact) mass is 342 g/mol. The maximum atomic E-state index is 13.5. The third-order valence-corrected chi connectivity index (χ3v) is 3.68. The Labute approximate surface area is 134 Å². The van der Waals surface area contributed by atoms with Gasteiger partial charge in [-0.15, -0.1) is 0 Å². The third-order valence-electron chi connectivity index (χ3n) is 3.68. The van der Waals surface area contributed by atoms with Gasteiger partial charge in [0.05, 0.1) is 25.0 Å². The first-order valence-corrected chi connectivity index (χ1v) is 6.79. The van der Waals surface area contributed by atoms with Crippen molar-refractivity contribution in [2.24, 2.45) is 0 Å². The lowest BCUT2D eigenvalue weighted by atomic mass is 10.2. The summed E-state index contributed by atoms with van der Waals surface area (Å²) in [6.07, 6.45) is -5.93. The van der Waals surface area contributed by atoms with E-state index in [0.29, 0.717) is 0 Å². The Kier molecular flexibility index (Phi) is 3.54. The fraction of sp³-hybridized carbons (Fsp3) is 0.357. The van der Waals surface area contributed by atoms with E-state index in [1.807, 2.05) is 0 Å². The molecule has 24 heavy (non-hydrogen) atoms. The molecular formula is C14H12F2N2O6. The first kappa shape index (κ1) is 16.0. The largest absolute Gasteiger partial charge is 0.482 e. The zero-order valence-corrected chi connectivity index (χ0v) is 12.6. The van der Waals surface area contributed by atoms with Crippen molar-refractivity contribution in [3.05, 3.63) is 18.2 Å². The van der Waals surface area contributed by atoms with E-state index in [1.54, 1.807) is 0 Å². The van der Waals surface area contributed by atoms with Gasteiger partial charge in [0, 0.05) is 13.1 Å². The van der Waals surface area contributed by atoms with E-state index in [0.717, 1.165) is 16.9 Å². The Morgan fingerprint density at radius 3 is 2.75 bits per heavy atom. The molecule has 2 amide bonds. The van der Waals surface area contributed by atoms with Gasteiger partial charge in [0.2, 0.25) is 6.10 Å². The molecule has 2 aliphatic heterocycles. The van der Waals surface area contributed by atoms with Gasteiger partial charge in [-0.2, -0.15) is 8.78 Å². The number of anilines is 2. The van der Waals surface area contributed by atoms with Crippen LogP contribution in [0.5, 0.6) is 5.75 Å². The molecule has 1 fully saturated rings. The quantitative estimate of drug-likeness (QED) is 0.749. The number of benzene rings is 1. The number of methoxy groups -OCH3 is 1. The van der Waals surface area contributed by atoms with Gasteiger partial charge in [0.25, 0.3) is 0 Å². The Hall–Kier alpha value is -2.91. The molecule has 128 valence electrons. The summed E-state index contributed by atoms with van der Waals surface area (Å²) < 4.78 is 40.9. The number of alkyl halides is 2. The van der Waals surface area contributed by atoms with Crippen molar-refractivity contribution in [3.8, 4) is 5.75 Å². The van der Waals surface area contributed by atoms with Crippen molar-refractivity contribution in [3.63, 3.8) is 0 Å². The van der Waals surface area contributed by atoms with Crippen LogP contribution in [0.2, 0.25) is 0 Å². The van der Waals surface area contributed by atoms with E-state index in [9.17, 15) is 23.2 Å². The predicted octanol–water partition coefficient (Wildman–Crippen LogP) is 1.13. The molecule has 8 nitrogen and oxygen atoms in total. The standard InChI is InChI=1S/C14H12F2N2O6/c1-17-8-4-3-7(5-9(8)24-14(15,16)12(17)20)18-6-10(11(19)22-2)23-13(18)21/h3-5,10H,6H2,1-2H3/t10-/m1/s1. The molecule has 0 radical (unpaired) electrons. The summed E-state index contributed by atoms with van der Waals surface area (Å²) in [5.41, 5.74) is 0.315. The fourth-order valence-corrected chi connectivity index (χ4v) is 2.44. The molecule has 0 saturated carbocycles. The van der Waals surface area contributed by atoms with Crippen LogP contribution in [0.3, 0.4) is 0 Å². The first-order valence-electron chi connectivity index (χ1n) is 6.79. The topological polar surface area (TPSA) is 85.4 Å². The van der Waals surface area contributed by atoms with Crippen LogP contribution in [0.4, 0.5) is 25.0 Å². The van der Waals surface area contributed by atoms with Crippen molar-refractivity contribution in [2.75, 3.05) is 30.5 Å². The zero-order valence-electron chi connectivity index (χ0n) is 12.6. The van der Waals surface area contributed by atoms with Crippen molar-refractivity contribution in [2.45, 2.75) is 12.2 Å². The normalized spacial score (nSPS) is 21.9. The summed E-state index contributed by atoms with van der Waals surface area (Å²) in [4.78, 5) is 36.6. The van der Waals surface area contributed by atoms with Gasteiger partial charge >= 0.3 is 24.1 Å². The molecule has 2 heterocycles. The molecule has 1 saturated heterocycles. The van der Waals surface area contributed by atoms with E-state index in [2.05, 4.69) is 9.47 Å². The SMILES string of the molecule is COC(=O)[C@H]1CN(c2ccc3c(c2)OC(F)(F)C(=O)N3C)C(=O)O1. The summed E-state index contributed by atoms with van der Waals surface area (Å²) in [6.45, 7) is -0.130. The number of cyclic esters (lactones) is 1. The summed E-state index contributed by atoms with van der Waals surface area (Å²) in [5.74, 6) is -2.49. The molecule has 0 unspecified atom stereocenters. The number of carbonyl (C=O) groups excluding carboxylic acids is 3. The highest BCUT2D eigenvalue weighted by Crippen LogP contribution is 2.41. The van der Waals surface area contributed by atoms with E-state index in [4.69, 9.17) is 4.74 Å². The molecule has 2 aliphatic rings. The van der Waals surface area contributed by atoms with Crippen molar-refractivity contribution in [1.29, 1.82) is 0 Å². The maximum absolute atomic E-state index is 13.5. The minimum Gasteiger partial charge on any atom is -0.466 e. The second-order valence-electron chi connectivity index (χ2n) is 5.14. The number of likely N-dealkylation sites (N-methyl/N-ethyl adjacent to an activating group) is 1. The van der Waals surface area contributed by atoms with E-state index >= 15 is 0 Å². The van der Waals surface area contributed by atoms with Crippen LogP contribution in [0, 0.1) is 0 Å². The molecule has 0 aromatic heterocycles. The molecule has 0 spiro atoms. The third kappa shape index (κ3) is 2.39. The zero-order chi connectivity index (χ0) is 17.6. The van der Waals surface area contributed by atoms with Crippen LogP contribution in [-0.2, 0) is 19.1 Å². The van der Waals surface area contributed by atoms with Crippen molar-refractivity contribution < 1.29 is 37.4 Å². The summed E-state index contributed by atoms with van der Waals surface area (Å²) in [5, 5.41) is 0. The lowest BCUT2D eigenvalue weighted by Crippen LogP contribution is -2.49. The average Bonchev–Trinajstić information content (AvgIpc) is 2.93. The van der Waals surface area contributed by atoms with Crippen molar-refractivity contribution in [1.82, 2.24) is 0 Å². The molecule has 0 aliphatic carbocycles. The summed E-state index contributed by atoms with van der Waals surface area (Å²) in [6, 6.07) is 3.96. The molecule has 0 N–H and O–H groups in total. The highest BCUT2D eigenvalue weighted by atomic mass is 19.3. The van der Waals surface area contributed by atoms with Crippen LogP contribution >= 0.6 is 0 Å². The Balaban J connectivity index is 1.91. The molecule has 10 heteroatoms. The van der Waals surface area contributed by atoms with Gasteiger partial charge in [-0.3, -0.25) is 9.69 Å². The van der Waals surface area contributed by atoms with Crippen LogP contribution in [-0.4, -0.2) is 50.9 Å². The van der Waals surface area contributed by atoms with Gasteiger partial charge in [-0.1, -0.05) is 0 Å². The van der Waals surface area contributed by atoms with Crippen LogP contribution < -0.4 is 14.5 Å². The Bertz CT molecular complexity index is 738. The number of carbonyl (C=O) groups is 3. The molecular weight excluding hydrogens is 330 g/mol. The number of amides is 2. The van der Waals surface area contributed by atoms with Crippen LogP contribution in [0.15, 0.2) is 18.2 Å². The van der Waals surface area contributed by atoms with Crippen LogP contribution in [0.25, 0.3) is 0 Å². The van der Waals surface area contributed by atoms with Gasteiger partial charge in [-0.05, 0) is 12.1 Å². The smallest absolute Gasteiger partial charge is 0.466 e. The second kappa shape index (κ2) is 5.32. The Morgan fingerprint density at radius 2 is 2.08 bits per heavy atom. The minimum absolute atomic E-state index is 0.130. The lowest BCUT2D eigenvalue weighted by Gasteiger charge is -2.31. The lowest BCUT2D eigenvalue weighted by molar-refractivity contribution is -0.192. The number of ether oxygens (including phenoxy) is 3. The number of rotatable bonds is 2.